The average molecular weight is 367 g/mol. The smallest absolute Gasteiger partial charge is 0.267 e. The van der Waals surface area contributed by atoms with Crippen LogP contribution in [0.15, 0.2) is 22.7 Å². The van der Waals surface area contributed by atoms with Gasteiger partial charge in [-0.3, -0.25) is 0 Å². The molecule has 2 unspecified atom stereocenters. The minimum atomic E-state index is -0.384. The first kappa shape index (κ1) is 19.0. The van der Waals surface area contributed by atoms with Crippen LogP contribution in [0.4, 0.5) is 0 Å². The van der Waals surface area contributed by atoms with Crippen LogP contribution in [0.25, 0.3) is 0 Å². The van der Waals surface area contributed by atoms with Crippen LogP contribution in [0.1, 0.15) is 31.7 Å². The van der Waals surface area contributed by atoms with E-state index >= 15 is 0 Å². The quantitative estimate of drug-likeness (QED) is 0.834. The van der Waals surface area contributed by atoms with E-state index in [0.29, 0.717) is 33.9 Å². The van der Waals surface area contributed by atoms with Crippen molar-refractivity contribution in [2.75, 3.05) is 7.05 Å². The maximum atomic E-state index is 5.93. The van der Waals surface area contributed by atoms with Gasteiger partial charge in [0.1, 0.15) is 5.75 Å². The number of hydrogen-bond acceptors (Lipinski definition) is 5. The van der Waals surface area contributed by atoms with Gasteiger partial charge in [0.2, 0.25) is 0 Å². The van der Waals surface area contributed by atoms with Gasteiger partial charge >= 0.3 is 0 Å². The van der Waals surface area contributed by atoms with E-state index in [1.165, 1.54) is 0 Å². The molecule has 5 nitrogen and oxygen atoms in total. The van der Waals surface area contributed by atoms with Crippen LogP contribution in [-0.4, -0.2) is 23.2 Å². The van der Waals surface area contributed by atoms with Gasteiger partial charge in [-0.15, -0.1) is 12.4 Å². The van der Waals surface area contributed by atoms with Crippen molar-refractivity contribution in [2.45, 2.75) is 32.4 Å². The van der Waals surface area contributed by atoms with Gasteiger partial charge in [-0.2, -0.15) is 4.98 Å². The molecule has 8 heteroatoms. The molecule has 0 radical (unpaired) electrons. The predicted octanol–water partition coefficient (Wildman–Crippen LogP) is 4.09. The molecule has 0 saturated carbocycles. The normalized spacial score (nSPS) is 13.3. The highest BCUT2D eigenvalue weighted by molar-refractivity contribution is 6.34. The van der Waals surface area contributed by atoms with Crippen LogP contribution >= 0.6 is 35.6 Å². The number of hydrogen-bond donors (Lipinski definition) is 1. The summed E-state index contributed by atoms with van der Waals surface area (Å²) in [4.78, 5) is 4.33. The van der Waals surface area contributed by atoms with Crippen molar-refractivity contribution in [1.29, 1.82) is 0 Å². The molecule has 2 atom stereocenters. The van der Waals surface area contributed by atoms with Crippen molar-refractivity contribution in [3.63, 3.8) is 0 Å². The highest BCUT2D eigenvalue weighted by Gasteiger charge is 2.17. The van der Waals surface area contributed by atoms with Gasteiger partial charge in [0, 0.05) is 22.5 Å². The second kappa shape index (κ2) is 8.58. The van der Waals surface area contributed by atoms with E-state index in [4.69, 9.17) is 32.5 Å². The lowest BCUT2D eigenvalue weighted by Crippen LogP contribution is -2.24. The molecule has 0 fully saturated rings. The molecule has 2 aromatic rings. The lowest BCUT2D eigenvalue weighted by Gasteiger charge is -2.11. The van der Waals surface area contributed by atoms with E-state index in [9.17, 15) is 0 Å². The minimum absolute atomic E-state index is 0. The number of ether oxygens (including phenoxy) is 1. The number of likely N-dealkylation sites (N-methyl/N-ethyl adjacent to an activating group) is 1. The topological polar surface area (TPSA) is 60.2 Å². The molecule has 0 aliphatic rings. The molecule has 0 aliphatic heterocycles. The lowest BCUT2D eigenvalue weighted by atomic mass is 10.2. The zero-order valence-electron chi connectivity index (χ0n) is 12.5. The third-order valence-electron chi connectivity index (χ3n) is 2.96. The summed E-state index contributed by atoms with van der Waals surface area (Å²) in [5.41, 5.74) is 0. The monoisotopic (exact) mass is 365 g/mol. The molecule has 0 amide bonds. The highest BCUT2D eigenvalue weighted by Crippen LogP contribution is 2.27. The fourth-order valence-electron chi connectivity index (χ4n) is 1.74. The van der Waals surface area contributed by atoms with Crippen molar-refractivity contribution >= 4 is 35.6 Å². The SMILES string of the molecule is CNC(C)Cc1noc(C(C)Oc2cc(Cl)cc(Cl)c2)n1.Cl. The van der Waals surface area contributed by atoms with E-state index in [-0.39, 0.29) is 24.6 Å². The molecule has 0 aliphatic carbocycles. The maximum absolute atomic E-state index is 5.93. The van der Waals surface area contributed by atoms with Gasteiger partial charge in [0.15, 0.2) is 11.9 Å². The summed E-state index contributed by atoms with van der Waals surface area (Å²) in [6.07, 6.45) is 0.307. The first-order valence-corrected chi connectivity index (χ1v) is 7.36. The average Bonchev–Trinajstić information content (AvgIpc) is 2.85. The number of rotatable bonds is 6. The predicted molar refractivity (Wildman–Crippen MR) is 89.3 cm³/mol. The Balaban J connectivity index is 0.00000242. The summed E-state index contributed by atoms with van der Waals surface area (Å²) in [5, 5.41) is 8.09. The summed E-state index contributed by atoms with van der Waals surface area (Å²) < 4.78 is 11.0. The summed E-state index contributed by atoms with van der Waals surface area (Å²) in [5.74, 6) is 1.62. The molecular weight excluding hydrogens is 349 g/mol. The Labute approximate surface area is 145 Å². The Hall–Kier alpha value is -1.01. The van der Waals surface area contributed by atoms with Gasteiger partial charge in [-0.25, -0.2) is 0 Å². The van der Waals surface area contributed by atoms with Crippen LogP contribution in [0.3, 0.4) is 0 Å². The Kier molecular flexibility index (Phi) is 7.42. The standard InChI is InChI=1S/C14H17Cl2N3O2.ClH/c1-8(17-3)4-13-18-14(21-19-13)9(2)20-12-6-10(15)5-11(16)7-12;/h5-9,17H,4H2,1-3H3;1H. The Morgan fingerprint density at radius 1 is 1.23 bits per heavy atom. The zero-order valence-corrected chi connectivity index (χ0v) is 14.8. The van der Waals surface area contributed by atoms with Gasteiger partial charge < -0.3 is 14.6 Å². The van der Waals surface area contributed by atoms with E-state index in [0.717, 1.165) is 0 Å². The number of aromatic nitrogens is 2. The Bertz CT molecular complexity index is 587. The van der Waals surface area contributed by atoms with Gasteiger partial charge in [-0.05, 0) is 39.1 Å². The third-order valence-corrected chi connectivity index (χ3v) is 3.40. The molecule has 0 spiro atoms. The molecule has 1 aromatic heterocycles. The van der Waals surface area contributed by atoms with E-state index in [1.807, 2.05) is 20.9 Å². The zero-order chi connectivity index (χ0) is 15.4. The number of halogens is 3. The number of nitrogens with zero attached hydrogens (tertiary/aromatic N) is 2. The number of benzene rings is 1. The molecule has 22 heavy (non-hydrogen) atoms. The Morgan fingerprint density at radius 2 is 1.86 bits per heavy atom. The van der Waals surface area contributed by atoms with Gasteiger partial charge in [0.05, 0.1) is 0 Å². The van der Waals surface area contributed by atoms with Crippen LogP contribution in [-0.2, 0) is 6.42 Å². The second-order valence-corrected chi connectivity index (χ2v) is 5.68. The van der Waals surface area contributed by atoms with Gasteiger partial charge in [0.25, 0.3) is 5.89 Å². The second-order valence-electron chi connectivity index (χ2n) is 4.81. The van der Waals surface area contributed by atoms with Crippen molar-refractivity contribution in [2.24, 2.45) is 0 Å². The van der Waals surface area contributed by atoms with E-state index < -0.39 is 0 Å². The van der Waals surface area contributed by atoms with Crippen molar-refractivity contribution in [3.05, 3.63) is 40.0 Å². The molecule has 1 heterocycles. The summed E-state index contributed by atoms with van der Waals surface area (Å²) >= 11 is 11.9. The third kappa shape index (κ3) is 5.32. The summed E-state index contributed by atoms with van der Waals surface area (Å²) in [6.45, 7) is 3.87. The lowest BCUT2D eigenvalue weighted by molar-refractivity contribution is 0.175. The van der Waals surface area contributed by atoms with Gasteiger partial charge in [-0.1, -0.05) is 28.4 Å². The molecule has 0 saturated heterocycles. The molecule has 122 valence electrons. The minimum Gasteiger partial charge on any atom is -0.481 e. The largest absolute Gasteiger partial charge is 0.481 e. The first-order chi connectivity index (χ1) is 9.97. The Morgan fingerprint density at radius 3 is 2.45 bits per heavy atom. The fraction of sp³-hybridized carbons (Fsp3) is 0.429. The molecule has 1 N–H and O–H groups in total. The van der Waals surface area contributed by atoms with Crippen molar-refractivity contribution < 1.29 is 9.26 Å². The van der Waals surface area contributed by atoms with Crippen LogP contribution < -0.4 is 10.1 Å². The van der Waals surface area contributed by atoms with Crippen LogP contribution in [0.2, 0.25) is 10.0 Å². The molecule has 0 bridgehead atoms. The maximum Gasteiger partial charge on any atom is 0.267 e. The van der Waals surface area contributed by atoms with Crippen molar-refractivity contribution in [3.8, 4) is 5.75 Å². The molecule has 2 rings (SSSR count). The van der Waals surface area contributed by atoms with Crippen LogP contribution in [0, 0.1) is 0 Å². The summed E-state index contributed by atoms with van der Waals surface area (Å²) in [7, 11) is 1.89. The van der Waals surface area contributed by atoms with Crippen molar-refractivity contribution in [1.82, 2.24) is 15.5 Å². The van der Waals surface area contributed by atoms with E-state index in [1.54, 1.807) is 18.2 Å². The van der Waals surface area contributed by atoms with E-state index in [2.05, 4.69) is 15.5 Å². The van der Waals surface area contributed by atoms with Crippen LogP contribution in [0.5, 0.6) is 5.75 Å². The first-order valence-electron chi connectivity index (χ1n) is 6.60. The molecular formula is C14H18Cl3N3O2. The highest BCUT2D eigenvalue weighted by atomic mass is 35.5. The molecule has 1 aromatic carbocycles. The fourth-order valence-corrected chi connectivity index (χ4v) is 2.25. The summed E-state index contributed by atoms with van der Waals surface area (Å²) in [6, 6.07) is 5.29. The number of nitrogens with one attached hydrogen (secondary N) is 1.